The summed E-state index contributed by atoms with van der Waals surface area (Å²) in [7, 11) is -4.49. The SMILES string of the molecule is C.C.CS(=O)(=O)N1CCC(C2c3ccc(Cl)cc3C=C(CCC=O)c3cccnc32)CC1.Cn1cnc(C(O)CCC2=Cc3cc(Cl)ccc3C(C3CCN(S(C)(=O)=O)CC3)c3ncccc32)c1. The van der Waals surface area contributed by atoms with Crippen LogP contribution in [0.3, 0.4) is 0 Å². The van der Waals surface area contributed by atoms with E-state index in [-0.39, 0.29) is 38.5 Å². The molecule has 3 unspecified atom stereocenters. The molecule has 364 valence electrons. The number of aromatic nitrogens is 4. The Labute approximate surface area is 413 Å². The lowest BCUT2D eigenvalue weighted by molar-refractivity contribution is -0.107. The van der Waals surface area contributed by atoms with E-state index < -0.39 is 26.2 Å². The molecule has 2 aliphatic carbocycles. The number of aliphatic hydroxyl groups is 1. The molecule has 3 atom stereocenters. The largest absolute Gasteiger partial charge is 0.387 e. The molecule has 2 fully saturated rings. The summed E-state index contributed by atoms with van der Waals surface area (Å²) >= 11 is 12.8. The summed E-state index contributed by atoms with van der Waals surface area (Å²) in [6.45, 7) is 2.08. The smallest absolute Gasteiger partial charge is 0.211 e. The number of benzene rings is 2. The number of rotatable bonds is 11. The minimum absolute atomic E-state index is 0. The summed E-state index contributed by atoms with van der Waals surface area (Å²) in [6.07, 6.45) is 19.7. The molecule has 0 amide bonds. The minimum atomic E-state index is -3.20. The van der Waals surface area contributed by atoms with Gasteiger partial charge in [-0.3, -0.25) is 9.97 Å². The number of pyridine rings is 2. The number of halogens is 2. The molecule has 2 saturated heterocycles. The first-order chi connectivity index (χ1) is 31.6. The number of carbonyl (C=O) groups excluding carboxylic acids is 1. The van der Waals surface area contributed by atoms with Gasteiger partial charge in [0.05, 0.1) is 42.0 Å². The third-order valence-electron chi connectivity index (χ3n) is 13.5. The van der Waals surface area contributed by atoms with Crippen LogP contribution in [0.2, 0.25) is 10.0 Å². The van der Waals surface area contributed by atoms with Crippen molar-refractivity contribution in [3.05, 3.63) is 146 Å². The van der Waals surface area contributed by atoms with Crippen LogP contribution in [0.4, 0.5) is 0 Å². The average Bonchev–Trinajstić information content (AvgIpc) is 3.62. The van der Waals surface area contributed by atoms with Gasteiger partial charge >= 0.3 is 0 Å². The topological polar surface area (TPSA) is 156 Å². The quantitative estimate of drug-likeness (QED) is 0.127. The molecule has 68 heavy (non-hydrogen) atoms. The molecule has 12 nitrogen and oxygen atoms in total. The molecule has 5 heterocycles. The van der Waals surface area contributed by atoms with E-state index in [2.05, 4.69) is 41.4 Å². The Morgan fingerprint density at radius 3 is 1.57 bits per heavy atom. The molecule has 16 heteroatoms. The maximum Gasteiger partial charge on any atom is 0.211 e. The van der Waals surface area contributed by atoms with Crippen LogP contribution in [0.5, 0.6) is 0 Å². The summed E-state index contributed by atoms with van der Waals surface area (Å²) in [5.41, 5.74) is 11.5. The van der Waals surface area contributed by atoms with Crippen molar-refractivity contribution in [1.82, 2.24) is 28.1 Å². The number of imidazole rings is 1. The average molecular weight is 1000 g/mol. The highest BCUT2D eigenvalue weighted by molar-refractivity contribution is 7.88. The van der Waals surface area contributed by atoms with E-state index in [1.54, 1.807) is 14.9 Å². The van der Waals surface area contributed by atoms with Crippen LogP contribution in [0.15, 0.2) is 85.6 Å². The second-order valence-corrected chi connectivity index (χ2v) is 22.8. The zero-order chi connectivity index (χ0) is 46.8. The number of hydrogen-bond donors (Lipinski definition) is 1. The highest BCUT2D eigenvalue weighted by Gasteiger charge is 2.38. The molecule has 2 aliphatic heterocycles. The van der Waals surface area contributed by atoms with Crippen LogP contribution in [0.25, 0.3) is 23.3 Å². The molecule has 1 N–H and O–H groups in total. The van der Waals surface area contributed by atoms with E-state index in [9.17, 15) is 26.7 Å². The molecular formula is C52H64Cl2N6O6S2. The zero-order valence-corrected chi connectivity index (χ0v) is 40.6. The fourth-order valence-electron chi connectivity index (χ4n) is 10.3. The lowest BCUT2D eigenvalue weighted by atomic mass is 9.76. The molecule has 3 aromatic heterocycles. The Morgan fingerprint density at radius 1 is 0.706 bits per heavy atom. The summed E-state index contributed by atoms with van der Waals surface area (Å²) in [4.78, 5) is 25.0. The van der Waals surface area contributed by atoms with Crippen LogP contribution in [0.1, 0.15) is 135 Å². The van der Waals surface area contributed by atoms with Gasteiger partial charge in [0, 0.05) is 80.1 Å². The summed E-state index contributed by atoms with van der Waals surface area (Å²) in [5, 5.41) is 12.1. The minimum Gasteiger partial charge on any atom is -0.387 e. The Bertz CT molecular complexity index is 2870. The first kappa shape index (κ1) is 52.8. The monoisotopic (exact) mass is 1000 g/mol. The van der Waals surface area contributed by atoms with Crippen molar-refractivity contribution < 1.29 is 26.7 Å². The van der Waals surface area contributed by atoms with Crippen LogP contribution < -0.4 is 0 Å². The number of allylic oxidation sites excluding steroid dienone is 2. The van der Waals surface area contributed by atoms with Gasteiger partial charge in [-0.25, -0.2) is 30.4 Å². The number of sulfonamides is 2. The van der Waals surface area contributed by atoms with Crippen molar-refractivity contribution in [2.24, 2.45) is 18.9 Å². The third kappa shape index (κ3) is 11.9. The number of carbonyl (C=O) groups is 1. The molecule has 0 radical (unpaired) electrons. The van der Waals surface area contributed by atoms with E-state index in [1.807, 2.05) is 66.6 Å². The number of piperidine rings is 2. The maximum absolute atomic E-state index is 12.1. The third-order valence-corrected chi connectivity index (χ3v) is 16.6. The zero-order valence-electron chi connectivity index (χ0n) is 37.4. The fourth-order valence-corrected chi connectivity index (χ4v) is 12.4. The maximum atomic E-state index is 12.1. The van der Waals surface area contributed by atoms with Crippen molar-refractivity contribution in [2.75, 3.05) is 38.7 Å². The summed E-state index contributed by atoms with van der Waals surface area (Å²) < 4.78 is 53.1. The molecule has 9 rings (SSSR count). The van der Waals surface area contributed by atoms with Gasteiger partial charge in [0.1, 0.15) is 6.29 Å². The van der Waals surface area contributed by atoms with Crippen molar-refractivity contribution in [3.8, 4) is 0 Å². The molecule has 0 bridgehead atoms. The highest BCUT2D eigenvalue weighted by atomic mass is 35.5. The van der Waals surface area contributed by atoms with Gasteiger partial charge < -0.3 is 14.5 Å². The Hall–Kier alpha value is -4.54. The van der Waals surface area contributed by atoms with Crippen LogP contribution in [-0.4, -0.2) is 95.0 Å². The second-order valence-electron chi connectivity index (χ2n) is 17.9. The number of fused-ring (bicyclic) bond motifs is 4. The lowest BCUT2D eigenvalue weighted by Crippen LogP contribution is -2.39. The first-order valence-corrected chi connectivity index (χ1v) is 26.9. The lowest BCUT2D eigenvalue weighted by Gasteiger charge is -2.35. The van der Waals surface area contributed by atoms with E-state index in [1.165, 1.54) is 18.1 Å². The van der Waals surface area contributed by atoms with Crippen molar-refractivity contribution in [3.63, 3.8) is 0 Å². The Balaban J connectivity index is 0.000000221. The molecule has 5 aromatic rings. The standard InChI is InChI=1S/C27H31ClN4O3S.C23H25ClN2O3S.2CH4/c1-31-16-24(30-17-31)25(33)8-5-19-14-20-15-21(28)6-7-22(20)26(27-23(19)4-3-11-29-27)18-9-12-32(13-10-18)36(2,34)35;1-30(28,29)26-11-8-16(9-12-26)22-20-7-6-19(24)15-18(20)14-17(4-3-13-27)21-5-2-10-25-23(21)22;;/h3-4,6-7,11,14-18,25-26,33H,5,8-10,12-13H2,1-2H3;2,5-7,10,13-16,22H,3-4,8-9,11-12H2,1H3;2*1H4. The van der Waals surface area contributed by atoms with Crippen LogP contribution in [-0.2, 0) is 31.9 Å². The van der Waals surface area contributed by atoms with Crippen molar-refractivity contribution in [2.45, 2.75) is 84.2 Å². The van der Waals surface area contributed by atoms with E-state index in [0.717, 1.165) is 82.3 Å². The highest BCUT2D eigenvalue weighted by Crippen LogP contribution is 2.47. The van der Waals surface area contributed by atoms with Gasteiger partial charge in [0.2, 0.25) is 20.0 Å². The number of aryl methyl sites for hydroxylation is 1. The van der Waals surface area contributed by atoms with E-state index >= 15 is 0 Å². The number of aldehydes is 1. The van der Waals surface area contributed by atoms with Crippen LogP contribution >= 0.6 is 23.2 Å². The second kappa shape index (κ2) is 22.5. The van der Waals surface area contributed by atoms with Gasteiger partial charge in [-0.2, -0.15) is 0 Å². The predicted octanol–water partition coefficient (Wildman–Crippen LogP) is 10.3. The van der Waals surface area contributed by atoms with Gasteiger partial charge in [-0.15, -0.1) is 0 Å². The number of aliphatic hydroxyl groups excluding tert-OH is 1. The van der Waals surface area contributed by atoms with E-state index in [4.69, 9.17) is 33.2 Å². The predicted molar refractivity (Wildman–Crippen MR) is 275 cm³/mol. The molecule has 4 aliphatic rings. The summed E-state index contributed by atoms with van der Waals surface area (Å²) in [5.74, 6) is 0.614. The molecular weight excluding hydrogens is 940 g/mol. The van der Waals surface area contributed by atoms with Gasteiger partial charge in [-0.1, -0.05) is 74.5 Å². The van der Waals surface area contributed by atoms with Gasteiger partial charge in [0.15, 0.2) is 0 Å². The van der Waals surface area contributed by atoms with Crippen LogP contribution in [0, 0.1) is 11.8 Å². The normalized spacial score (nSPS) is 19.3. The molecule has 2 aromatic carbocycles. The number of hydrogen-bond acceptors (Lipinski definition) is 9. The Kier molecular flexibility index (Phi) is 17.5. The van der Waals surface area contributed by atoms with Crippen molar-refractivity contribution in [1.29, 1.82) is 0 Å². The Morgan fingerprint density at radius 2 is 1.16 bits per heavy atom. The van der Waals surface area contributed by atoms with Crippen molar-refractivity contribution >= 4 is 72.8 Å². The fraction of sp³-hybridized carbons (Fsp3) is 0.423. The number of nitrogens with zero attached hydrogens (tertiary/aromatic N) is 6. The van der Waals surface area contributed by atoms with Gasteiger partial charge in [-0.05, 0) is 138 Å². The molecule has 0 saturated carbocycles. The first-order valence-electron chi connectivity index (χ1n) is 22.5. The molecule has 0 spiro atoms. The van der Waals surface area contributed by atoms with Gasteiger partial charge in [0.25, 0.3) is 0 Å². The summed E-state index contributed by atoms with van der Waals surface area (Å²) in [6, 6.07) is 20.0. The van der Waals surface area contributed by atoms with E-state index in [0.29, 0.717) is 67.6 Å².